The third-order valence-electron chi connectivity index (χ3n) is 2.72. The number of rotatable bonds is 5. The van der Waals surface area contributed by atoms with E-state index in [0.29, 0.717) is 11.3 Å². The van der Waals surface area contributed by atoms with E-state index in [1.165, 1.54) is 0 Å². The van der Waals surface area contributed by atoms with Crippen molar-refractivity contribution in [2.75, 3.05) is 12.4 Å². The van der Waals surface area contributed by atoms with Crippen LogP contribution >= 0.6 is 0 Å². The number of anilines is 2. The highest BCUT2D eigenvalue weighted by Gasteiger charge is 2.08. The average molecular weight is 303 g/mol. The summed E-state index contributed by atoms with van der Waals surface area (Å²) in [7, 11) is 1.60. The molecule has 0 saturated heterocycles. The molecule has 0 spiro atoms. The van der Waals surface area contributed by atoms with Gasteiger partial charge >= 0.3 is 0 Å². The first kappa shape index (κ1) is 16.7. The Hall–Kier alpha value is -2.40. The molecule has 1 N–H and O–H groups in total. The second-order valence-electron chi connectivity index (χ2n) is 3.98. The maximum Gasteiger partial charge on any atom is 0.200 e. The predicted molar refractivity (Wildman–Crippen MR) is 88.0 cm³/mol. The first-order valence-electron chi connectivity index (χ1n) is 5.91. The number of hydrogen-bond acceptors (Lipinski definition) is 4. The molecule has 0 saturated carbocycles. The van der Waals surface area contributed by atoms with E-state index >= 15 is 0 Å². The fraction of sp³-hybridized carbons (Fsp3) is 0.125. The van der Waals surface area contributed by atoms with Crippen LogP contribution in [0.3, 0.4) is 0 Å². The summed E-state index contributed by atoms with van der Waals surface area (Å²) < 4.78 is 15.5. The van der Waals surface area contributed by atoms with Gasteiger partial charge in [0.05, 0.1) is 23.7 Å². The number of carbonyl (C=O) groups is 1. The lowest BCUT2D eigenvalue weighted by Crippen LogP contribution is -2.04. The Morgan fingerprint density at radius 3 is 2.43 bits per heavy atom. The molecule has 2 rings (SSSR count). The Morgan fingerprint density at radius 1 is 1.14 bits per heavy atom. The molecular weight excluding hydrogens is 286 g/mol. The highest BCUT2D eigenvalue weighted by Crippen LogP contribution is 2.22. The van der Waals surface area contributed by atoms with E-state index in [9.17, 15) is 9.00 Å². The predicted octanol–water partition coefficient (Wildman–Crippen LogP) is 3.27. The van der Waals surface area contributed by atoms with E-state index in [1.54, 1.807) is 25.3 Å². The molecule has 0 heterocycles. The van der Waals surface area contributed by atoms with Crippen molar-refractivity contribution in [1.82, 2.24) is 0 Å². The molecule has 0 aliphatic carbocycles. The van der Waals surface area contributed by atoms with Gasteiger partial charge in [0.25, 0.3) is 0 Å². The molecule has 2 aromatic carbocycles. The quantitative estimate of drug-likeness (QED) is 0.680. The molecule has 0 atom stereocenters. The summed E-state index contributed by atoms with van der Waals surface area (Å²) >= 11 is 0.156. The summed E-state index contributed by atoms with van der Waals surface area (Å²) in [4.78, 5) is 11.8. The van der Waals surface area contributed by atoms with Crippen molar-refractivity contribution in [3.05, 3.63) is 54.1 Å². The summed E-state index contributed by atoms with van der Waals surface area (Å²) in [6.07, 6.45) is 0. The van der Waals surface area contributed by atoms with Gasteiger partial charge in [0.1, 0.15) is 5.75 Å². The minimum absolute atomic E-state index is 0. The second-order valence-corrected chi connectivity index (χ2v) is 4.41. The van der Waals surface area contributed by atoms with Gasteiger partial charge in [-0.2, -0.15) is 0 Å². The highest BCUT2D eigenvalue weighted by atomic mass is 32.1. The van der Waals surface area contributed by atoms with Crippen LogP contribution in [0.15, 0.2) is 48.5 Å². The lowest BCUT2D eigenvalue weighted by Gasteiger charge is -2.10. The molecule has 4 nitrogen and oxygen atoms in total. The van der Waals surface area contributed by atoms with Crippen LogP contribution < -0.4 is 10.1 Å². The van der Waals surface area contributed by atoms with Gasteiger partial charge in [-0.1, -0.05) is 19.6 Å². The molecule has 0 aromatic heterocycles. The molecule has 5 heteroatoms. The van der Waals surface area contributed by atoms with Gasteiger partial charge in [-0.25, -0.2) is 4.21 Å². The van der Waals surface area contributed by atoms with Crippen molar-refractivity contribution in [3.8, 4) is 5.75 Å². The van der Waals surface area contributed by atoms with E-state index in [1.807, 2.05) is 30.3 Å². The first-order valence-corrected chi connectivity index (χ1v) is 6.71. The monoisotopic (exact) mass is 303 g/mol. The maximum absolute atomic E-state index is 11.8. The van der Waals surface area contributed by atoms with Crippen molar-refractivity contribution < 1.29 is 13.7 Å². The fourth-order valence-electron chi connectivity index (χ4n) is 1.74. The maximum atomic E-state index is 11.8. The zero-order valence-electron chi connectivity index (χ0n) is 10.8. The van der Waals surface area contributed by atoms with Crippen LogP contribution in [0.5, 0.6) is 5.75 Å². The van der Waals surface area contributed by atoms with Crippen molar-refractivity contribution >= 4 is 33.8 Å². The lowest BCUT2D eigenvalue weighted by molar-refractivity contribution is 0.107. The van der Waals surface area contributed by atoms with Crippen molar-refractivity contribution in [2.24, 2.45) is 0 Å². The standard InChI is InChI=1S/C15H13NO3S.CH4/c1-19-12-8-6-11(7-9-12)16-14-5-3-2-4-13(14)15(17)10-20-18;/h2-10,16H,1H3;1H4. The van der Waals surface area contributed by atoms with Crippen LogP contribution in [0.4, 0.5) is 11.4 Å². The van der Waals surface area contributed by atoms with E-state index in [-0.39, 0.29) is 24.5 Å². The van der Waals surface area contributed by atoms with Gasteiger partial charge in [0, 0.05) is 16.9 Å². The van der Waals surface area contributed by atoms with Crippen molar-refractivity contribution in [3.63, 3.8) is 0 Å². The molecule has 0 fully saturated rings. The molecule has 110 valence electrons. The Bertz CT molecular complexity index is 661. The zero-order valence-corrected chi connectivity index (χ0v) is 11.6. The molecule has 0 amide bonds. The smallest absolute Gasteiger partial charge is 0.200 e. The van der Waals surface area contributed by atoms with Gasteiger partial charge < -0.3 is 10.1 Å². The van der Waals surface area contributed by atoms with E-state index in [0.717, 1.165) is 16.8 Å². The molecular formula is C16H17NO3S. The van der Waals surface area contributed by atoms with Crippen molar-refractivity contribution in [2.45, 2.75) is 7.43 Å². The van der Waals surface area contributed by atoms with Crippen LogP contribution in [0.1, 0.15) is 17.8 Å². The van der Waals surface area contributed by atoms with Crippen LogP contribution in [-0.2, 0) is 11.3 Å². The van der Waals surface area contributed by atoms with Crippen LogP contribution in [0, 0.1) is 0 Å². The molecule has 0 bridgehead atoms. The Kier molecular flexibility index (Phi) is 6.36. The summed E-state index contributed by atoms with van der Waals surface area (Å²) in [6.45, 7) is 0. The Labute approximate surface area is 127 Å². The van der Waals surface area contributed by atoms with E-state index < -0.39 is 0 Å². The summed E-state index contributed by atoms with van der Waals surface area (Å²) in [5.41, 5.74) is 1.96. The summed E-state index contributed by atoms with van der Waals surface area (Å²) in [5, 5.41) is 4.21. The third-order valence-corrected chi connectivity index (χ3v) is 3.03. The first-order chi connectivity index (χ1) is 9.74. The largest absolute Gasteiger partial charge is 0.497 e. The number of ether oxygens (including phenoxy) is 1. The van der Waals surface area contributed by atoms with Gasteiger partial charge in [0.2, 0.25) is 5.78 Å². The summed E-state index contributed by atoms with van der Waals surface area (Å²) in [6, 6.07) is 14.4. The van der Waals surface area contributed by atoms with Gasteiger partial charge in [0.15, 0.2) is 0 Å². The lowest BCUT2D eigenvalue weighted by atomic mass is 10.1. The third kappa shape index (κ3) is 4.29. The van der Waals surface area contributed by atoms with Gasteiger partial charge in [-0.05, 0) is 36.4 Å². The number of methoxy groups -OCH3 is 1. The van der Waals surface area contributed by atoms with Crippen LogP contribution in [-0.4, -0.2) is 22.5 Å². The molecule has 0 radical (unpaired) electrons. The number of hydrogen-bond donors (Lipinski definition) is 1. The molecule has 21 heavy (non-hydrogen) atoms. The van der Waals surface area contributed by atoms with E-state index in [2.05, 4.69) is 5.32 Å². The SMILES string of the molecule is C.COc1ccc(Nc2ccccc2C(=O)C=S=O)cc1. The molecule has 0 aliphatic heterocycles. The minimum atomic E-state index is -0.304. The molecule has 2 aromatic rings. The number of Topliss-reactive ketones (excluding diaryl/α,β-unsaturated/α-hetero) is 1. The fourth-order valence-corrected chi connectivity index (χ4v) is 1.96. The average Bonchev–Trinajstić information content (AvgIpc) is 2.49. The van der Waals surface area contributed by atoms with Gasteiger partial charge in [-0.3, -0.25) is 4.79 Å². The van der Waals surface area contributed by atoms with E-state index in [4.69, 9.17) is 4.74 Å². The second kappa shape index (κ2) is 8.01. The number of ketones is 1. The van der Waals surface area contributed by atoms with Crippen LogP contribution in [0.25, 0.3) is 0 Å². The topological polar surface area (TPSA) is 55.4 Å². The van der Waals surface area contributed by atoms with Crippen LogP contribution in [0.2, 0.25) is 0 Å². The zero-order chi connectivity index (χ0) is 14.4. The summed E-state index contributed by atoms with van der Waals surface area (Å²) in [5.74, 6) is 0.456. The number of carbonyl (C=O) groups excluding carboxylic acids is 1. The van der Waals surface area contributed by atoms with Crippen molar-refractivity contribution in [1.29, 1.82) is 0 Å². The minimum Gasteiger partial charge on any atom is -0.497 e. The number of para-hydroxylation sites is 1. The Morgan fingerprint density at radius 2 is 1.81 bits per heavy atom. The number of benzene rings is 2. The normalized spacial score (nSPS) is 9.19. The number of nitrogens with one attached hydrogen (secondary N) is 1. The molecule has 0 unspecified atom stereocenters. The van der Waals surface area contributed by atoms with Gasteiger partial charge in [-0.15, -0.1) is 0 Å². The molecule has 0 aliphatic rings. The Balaban J connectivity index is 0.00000220. The highest BCUT2D eigenvalue weighted by molar-refractivity contribution is 7.66.